The van der Waals surface area contributed by atoms with Crippen LogP contribution in [0.25, 0.3) is 0 Å². The minimum absolute atomic E-state index is 0.152. The van der Waals surface area contributed by atoms with Crippen LogP contribution in [-0.2, 0) is 4.74 Å². The Hall–Kier alpha value is -1.14. The fourth-order valence-corrected chi connectivity index (χ4v) is 1.98. The molecule has 0 saturated heterocycles. The van der Waals surface area contributed by atoms with Gasteiger partial charge in [-0.25, -0.2) is 0 Å². The lowest BCUT2D eigenvalue weighted by molar-refractivity contribution is 0.0282. The molecule has 1 heterocycles. The topological polar surface area (TPSA) is 79.7 Å². The van der Waals surface area contributed by atoms with Gasteiger partial charge >= 0.3 is 0 Å². The third-order valence-corrected chi connectivity index (χ3v) is 2.96. The Balaban J connectivity index is 2.35. The van der Waals surface area contributed by atoms with E-state index in [1.807, 2.05) is 0 Å². The fourth-order valence-electron chi connectivity index (χ4n) is 1.55. The van der Waals surface area contributed by atoms with Crippen molar-refractivity contribution in [1.82, 2.24) is 0 Å². The highest BCUT2D eigenvalue weighted by molar-refractivity contribution is 9.10. The summed E-state index contributed by atoms with van der Waals surface area (Å²) in [5, 5.41) is 0. The van der Waals surface area contributed by atoms with E-state index < -0.39 is 0 Å². The van der Waals surface area contributed by atoms with E-state index in [0.717, 1.165) is 0 Å². The van der Waals surface area contributed by atoms with Gasteiger partial charge in [-0.15, -0.1) is 0 Å². The Morgan fingerprint density at radius 1 is 1.50 bits per heavy atom. The average molecular weight is 289 g/mol. The molecule has 0 aliphatic carbocycles. The monoisotopic (exact) mass is 288 g/mol. The van der Waals surface area contributed by atoms with Crippen molar-refractivity contribution in [3.63, 3.8) is 0 Å². The third-order valence-electron chi connectivity index (χ3n) is 2.30. The van der Waals surface area contributed by atoms with E-state index in [4.69, 9.17) is 25.7 Å². The zero-order valence-electron chi connectivity index (χ0n) is 8.83. The normalized spacial score (nSPS) is 18.5. The second kappa shape index (κ2) is 4.39. The predicted molar refractivity (Wildman–Crippen MR) is 64.8 cm³/mol. The second-order valence-electron chi connectivity index (χ2n) is 3.53. The quantitative estimate of drug-likeness (QED) is 0.804. The maximum atomic E-state index is 5.85. The highest BCUT2D eigenvalue weighted by Gasteiger charge is 2.26. The first-order valence-electron chi connectivity index (χ1n) is 4.79. The summed E-state index contributed by atoms with van der Waals surface area (Å²) in [6.07, 6.45) is -0.152. The summed E-state index contributed by atoms with van der Waals surface area (Å²) in [5.74, 6) is 0.994. The van der Waals surface area contributed by atoms with Gasteiger partial charge in [0.25, 0.3) is 0 Å². The molecule has 1 atom stereocenters. The van der Waals surface area contributed by atoms with Crippen LogP contribution in [0.15, 0.2) is 10.5 Å². The molecule has 1 aliphatic heterocycles. The molecular formula is C10H13BrN2O3. The van der Waals surface area contributed by atoms with Gasteiger partial charge in [-0.3, -0.25) is 0 Å². The molecule has 0 amide bonds. The number of nitrogen functional groups attached to an aromatic ring is 2. The molecule has 1 aliphatic rings. The molecular weight excluding hydrogens is 276 g/mol. The lowest BCUT2D eigenvalue weighted by atomic mass is 10.2. The molecule has 6 heteroatoms. The van der Waals surface area contributed by atoms with Gasteiger partial charge in [0.1, 0.15) is 6.61 Å². The van der Waals surface area contributed by atoms with Gasteiger partial charge < -0.3 is 25.7 Å². The summed E-state index contributed by atoms with van der Waals surface area (Å²) in [6, 6.07) is 1.70. The molecule has 5 nitrogen and oxygen atoms in total. The molecule has 0 aromatic heterocycles. The van der Waals surface area contributed by atoms with E-state index in [0.29, 0.717) is 40.6 Å². The van der Waals surface area contributed by atoms with Crippen molar-refractivity contribution in [3.8, 4) is 11.5 Å². The van der Waals surface area contributed by atoms with Crippen molar-refractivity contribution >= 4 is 27.3 Å². The molecule has 1 unspecified atom stereocenters. The molecule has 0 spiro atoms. The Kier molecular flexibility index (Phi) is 3.11. The minimum Gasteiger partial charge on any atom is -0.484 e. The molecule has 88 valence electrons. The predicted octanol–water partition coefficient (Wildman–Crippen LogP) is 1.40. The summed E-state index contributed by atoms with van der Waals surface area (Å²) in [6.45, 7) is 0.857. The van der Waals surface area contributed by atoms with Crippen molar-refractivity contribution in [2.24, 2.45) is 0 Å². The van der Waals surface area contributed by atoms with Gasteiger partial charge in [0.2, 0.25) is 0 Å². The van der Waals surface area contributed by atoms with Gasteiger partial charge in [-0.2, -0.15) is 0 Å². The molecule has 0 radical (unpaired) electrons. The van der Waals surface area contributed by atoms with Crippen LogP contribution < -0.4 is 20.9 Å². The molecule has 16 heavy (non-hydrogen) atoms. The second-order valence-corrected chi connectivity index (χ2v) is 4.38. The van der Waals surface area contributed by atoms with Crippen molar-refractivity contribution in [1.29, 1.82) is 0 Å². The van der Waals surface area contributed by atoms with Gasteiger partial charge in [0, 0.05) is 11.6 Å². The van der Waals surface area contributed by atoms with Crippen molar-refractivity contribution < 1.29 is 14.2 Å². The number of rotatable bonds is 2. The van der Waals surface area contributed by atoms with Crippen LogP contribution in [0, 0.1) is 0 Å². The van der Waals surface area contributed by atoms with E-state index in [1.165, 1.54) is 0 Å². The largest absolute Gasteiger partial charge is 0.484 e. The third kappa shape index (κ3) is 1.90. The summed E-state index contributed by atoms with van der Waals surface area (Å²) in [5.41, 5.74) is 12.7. The summed E-state index contributed by atoms with van der Waals surface area (Å²) in [7, 11) is 1.61. The number of halogens is 1. The van der Waals surface area contributed by atoms with E-state index in [-0.39, 0.29) is 6.10 Å². The van der Waals surface area contributed by atoms with Gasteiger partial charge in [0.05, 0.1) is 18.0 Å². The standard InChI is InChI=1S/C10H13BrN2O3/c1-14-3-5-4-15-10-8(13)6(11)2-7(12)9(10)16-5/h2,5H,3-4,12-13H2,1H3. The highest BCUT2D eigenvalue weighted by Crippen LogP contribution is 2.45. The van der Waals surface area contributed by atoms with Crippen LogP contribution in [0.2, 0.25) is 0 Å². The Bertz CT molecular complexity index is 412. The summed E-state index contributed by atoms with van der Waals surface area (Å²) >= 11 is 3.31. The molecule has 0 fully saturated rings. The zero-order chi connectivity index (χ0) is 11.7. The first-order chi connectivity index (χ1) is 7.63. The molecule has 0 saturated carbocycles. The number of fused-ring (bicyclic) bond motifs is 1. The number of nitrogens with two attached hydrogens (primary N) is 2. The molecule has 4 N–H and O–H groups in total. The van der Waals surface area contributed by atoms with Crippen LogP contribution >= 0.6 is 15.9 Å². The van der Waals surface area contributed by atoms with Crippen molar-refractivity contribution in [2.45, 2.75) is 6.10 Å². The van der Waals surface area contributed by atoms with Gasteiger partial charge in [-0.1, -0.05) is 0 Å². The van der Waals surface area contributed by atoms with Crippen LogP contribution in [0.4, 0.5) is 11.4 Å². The number of benzene rings is 1. The molecule has 1 aromatic rings. The summed E-state index contributed by atoms with van der Waals surface area (Å²) in [4.78, 5) is 0. The first-order valence-corrected chi connectivity index (χ1v) is 5.58. The van der Waals surface area contributed by atoms with E-state index in [2.05, 4.69) is 15.9 Å². The Labute approximate surface area is 102 Å². The maximum absolute atomic E-state index is 5.85. The first kappa shape index (κ1) is 11.3. The highest BCUT2D eigenvalue weighted by atomic mass is 79.9. The van der Waals surface area contributed by atoms with Gasteiger partial charge in [0.15, 0.2) is 17.6 Å². The van der Waals surface area contributed by atoms with Gasteiger partial charge in [-0.05, 0) is 22.0 Å². The van der Waals surface area contributed by atoms with Crippen LogP contribution in [0.3, 0.4) is 0 Å². The van der Waals surface area contributed by atoms with E-state index in [1.54, 1.807) is 13.2 Å². The van der Waals surface area contributed by atoms with Crippen LogP contribution in [0.5, 0.6) is 11.5 Å². The van der Waals surface area contributed by atoms with E-state index in [9.17, 15) is 0 Å². The van der Waals surface area contributed by atoms with Crippen molar-refractivity contribution in [3.05, 3.63) is 10.5 Å². The number of methoxy groups -OCH3 is 1. The lowest BCUT2D eigenvalue weighted by Crippen LogP contribution is -2.33. The van der Waals surface area contributed by atoms with Crippen LogP contribution in [0.1, 0.15) is 0 Å². The SMILES string of the molecule is COCC1COc2c(N)c(Br)cc(N)c2O1. The molecule has 0 bridgehead atoms. The minimum atomic E-state index is -0.152. The maximum Gasteiger partial charge on any atom is 0.187 e. The number of hydrogen-bond donors (Lipinski definition) is 2. The molecule has 1 aromatic carbocycles. The lowest BCUT2D eigenvalue weighted by Gasteiger charge is -2.28. The smallest absolute Gasteiger partial charge is 0.187 e. The zero-order valence-corrected chi connectivity index (χ0v) is 10.4. The molecule has 2 rings (SSSR count). The number of ether oxygens (including phenoxy) is 3. The average Bonchev–Trinajstić information content (AvgIpc) is 2.27. The fraction of sp³-hybridized carbons (Fsp3) is 0.400. The Morgan fingerprint density at radius 3 is 2.94 bits per heavy atom. The van der Waals surface area contributed by atoms with Crippen molar-refractivity contribution in [2.75, 3.05) is 31.8 Å². The Morgan fingerprint density at radius 2 is 2.25 bits per heavy atom. The van der Waals surface area contributed by atoms with E-state index >= 15 is 0 Å². The number of anilines is 2. The number of hydrogen-bond acceptors (Lipinski definition) is 5. The van der Waals surface area contributed by atoms with Crippen LogP contribution in [-0.4, -0.2) is 26.4 Å². The summed E-state index contributed by atoms with van der Waals surface area (Å²) < 4.78 is 16.9.